The van der Waals surface area contributed by atoms with Gasteiger partial charge in [0, 0.05) is 11.1 Å². The third-order valence-electron chi connectivity index (χ3n) is 6.65. The second-order valence-electron chi connectivity index (χ2n) is 10.7. The number of aliphatic hydroxyl groups is 1. The number of rotatable bonds is 5. The average Bonchev–Trinajstić information content (AvgIpc) is 3.13. The summed E-state index contributed by atoms with van der Waals surface area (Å²) in [6, 6.07) is 27.9. The van der Waals surface area contributed by atoms with Gasteiger partial charge in [0.15, 0.2) is 0 Å². The number of para-hydroxylation sites is 1. The Labute approximate surface area is 223 Å². The summed E-state index contributed by atoms with van der Waals surface area (Å²) in [7, 11) is 0. The Bertz CT molecular complexity index is 1580. The van der Waals surface area contributed by atoms with E-state index in [1.807, 2.05) is 113 Å². The lowest BCUT2D eigenvalue weighted by Gasteiger charge is -2.28. The van der Waals surface area contributed by atoms with Crippen LogP contribution >= 0.6 is 0 Å². The lowest BCUT2D eigenvalue weighted by atomic mass is 9.93. The normalized spacial score (nSPS) is 17.3. The van der Waals surface area contributed by atoms with Gasteiger partial charge in [-0.3, -0.25) is 9.59 Å². The highest BCUT2D eigenvalue weighted by atomic mass is 16.5. The fourth-order valence-electron chi connectivity index (χ4n) is 4.97. The van der Waals surface area contributed by atoms with Crippen LogP contribution in [-0.4, -0.2) is 27.3 Å². The van der Waals surface area contributed by atoms with Crippen molar-refractivity contribution in [3.05, 3.63) is 119 Å². The van der Waals surface area contributed by atoms with Crippen molar-refractivity contribution in [1.29, 1.82) is 0 Å². The summed E-state index contributed by atoms with van der Waals surface area (Å²) in [4.78, 5) is 28.6. The van der Waals surface area contributed by atoms with Gasteiger partial charge in [-0.15, -0.1) is 0 Å². The molecule has 1 atom stereocenters. The summed E-state index contributed by atoms with van der Waals surface area (Å²) >= 11 is 0. The van der Waals surface area contributed by atoms with Gasteiger partial charge in [-0.1, -0.05) is 84.4 Å². The van der Waals surface area contributed by atoms with Crippen LogP contribution in [0, 0.1) is 6.92 Å². The second kappa shape index (κ2) is 9.82. The van der Waals surface area contributed by atoms with E-state index in [1.165, 1.54) is 4.90 Å². The molecular formula is C33H31NO4. The van der Waals surface area contributed by atoms with E-state index < -0.39 is 23.3 Å². The van der Waals surface area contributed by atoms with E-state index in [-0.39, 0.29) is 17.9 Å². The molecule has 0 spiro atoms. The molecule has 38 heavy (non-hydrogen) atoms. The number of likely N-dealkylation sites (tertiary alicyclic amines) is 1. The van der Waals surface area contributed by atoms with Crippen molar-refractivity contribution >= 4 is 28.2 Å². The van der Waals surface area contributed by atoms with Crippen LogP contribution in [0.4, 0.5) is 0 Å². The molecule has 5 rings (SSSR count). The number of Topliss-reactive ketones (excluding diaryl/α,β-unsaturated/α-hetero) is 1. The number of carbonyl (C=O) groups is 2. The molecule has 1 amide bonds. The predicted octanol–water partition coefficient (Wildman–Crippen LogP) is 6.95. The summed E-state index contributed by atoms with van der Waals surface area (Å²) in [5.74, 6) is -0.873. The Kier molecular flexibility index (Phi) is 6.53. The minimum atomic E-state index is -0.746. The maximum absolute atomic E-state index is 13.5. The fraction of sp³-hybridized carbons (Fsp3) is 0.212. The van der Waals surface area contributed by atoms with Crippen LogP contribution in [0.25, 0.3) is 16.5 Å². The third-order valence-corrected chi connectivity index (χ3v) is 6.65. The summed E-state index contributed by atoms with van der Waals surface area (Å²) in [6.07, 6.45) is 0. The molecule has 1 aliphatic rings. The SMILES string of the molecule is Cc1cccc(C2/C(=C(/O)c3ccc4ccccc4c3)C(=O)C(=O)N2Cc2ccccc2OC(C)(C)C)c1. The minimum absolute atomic E-state index is 0.0881. The number of ether oxygens (including phenoxy) is 1. The van der Waals surface area contributed by atoms with Gasteiger partial charge in [-0.05, 0) is 56.2 Å². The van der Waals surface area contributed by atoms with Crippen LogP contribution in [0.15, 0.2) is 96.6 Å². The highest BCUT2D eigenvalue weighted by Crippen LogP contribution is 2.41. The molecule has 4 aromatic rings. The first-order valence-electron chi connectivity index (χ1n) is 12.7. The maximum atomic E-state index is 13.5. The molecule has 1 heterocycles. The second-order valence-corrected chi connectivity index (χ2v) is 10.7. The number of benzene rings is 4. The molecule has 1 unspecified atom stereocenters. The molecule has 0 radical (unpaired) electrons. The van der Waals surface area contributed by atoms with Gasteiger partial charge in [-0.25, -0.2) is 0 Å². The van der Waals surface area contributed by atoms with Gasteiger partial charge in [0.05, 0.1) is 18.2 Å². The van der Waals surface area contributed by atoms with Crippen LogP contribution < -0.4 is 4.74 Å². The highest BCUT2D eigenvalue weighted by molar-refractivity contribution is 6.46. The van der Waals surface area contributed by atoms with Gasteiger partial charge in [0.2, 0.25) is 0 Å². The van der Waals surface area contributed by atoms with Gasteiger partial charge in [0.1, 0.15) is 17.1 Å². The monoisotopic (exact) mass is 505 g/mol. The van der Waals surface area contributed by atoms with Crippen molar-refractivity contribution < 1.29 is 19.4 Å². The molecule has 1 N–H and O–H groups in total. The summed E-state index contributed by atoms with van der Waals surface area (Å²) in [5, 5.41) is 13.5. The number of nitrogens with zero attached hydrogens (tertiary/aromatic N) is 1. The average molecular weight is 506 g/mol. The quantitative estimate of drug-likeness (QED) is 0.181. The van der Waals surface area contributed by atoms with Crippen molar-refractivity contribution in [3.8, 4) is 5.75 Å². The number of hydrogen-bond donors (Lipinski definition) is 1. The third kappa shape index (κ3) is 4.92. The number of ketones is 1. The smallest absolute Gasteiger partial charge is 0.295 e. The number of amides is 1. The molecule has 0 aromatic heterocycles. The first-order valence-corrected chi connectivity index (χ1v) is 12.7. The first-order chi connectivity index (χ1) is 18.1. The van der Waals surface area contributed by atoms with E-state index in [0.717, 1.165) is 27.5 Å². The van der Waals surface area contributed by atoms with Crippen molar-refractivity contribution in [2.75, 3.05) is 0 Å². The summed E-state index contributed by atoms with van der Waals surface area (Å²) in [5.41, 5.74) is 2.70. The van der Waals surface area contributed by atoms with E-state index in [9.17, 15) is 14.7 Å². The van der Waals surface area contributed by atoms with Gasteiger partial charge in [-0.2, -0.15) is 0 Å². The number of hydrogen-bond acceptors (Lipinski definition) is 4. The van der Waals surface area contributed by atoms with Crippen molar-refractivity contribution in [1.82, 2.24) is 4.90 Å². The fourth-order valence-corrected chi connectivity index (χ4v) is 4.97. The molecule has 5 nitrogen and oxygen atoms in total. The lowest BCUT2D eigenvalue weighted by Crippen LogP contribution is -2.30. The molecule has 4 aromatic carbocycles. The lowest BCUT2D eigenvalue weighted by molar-refractivity contribution is -0.140. The molecular weight excluding hydrogens is 474 g/mol. The van der Waals surface area contributed by atoms with Gasteiger partial charge >= 0.3 is 0 Å². The van der Waals surface area contributed by atoms with Crippen LogP contribution in [-0.2, 0) is 16.1 Å². The molecule has 192 valence electrons. The first kappa shape index (κ1) is 25.3. The molecule has 5 heteroatoms. The van der Waals surface area contributed by atoms with Gasteiger partial charge < -0.3 is 14.7 Å². The summed E-state index contributed by atoms with van der Waals surface area (Å²) < 4.78 is 6.17. The molecule has 1 fully saturated rings. The van der Waals surface area contributed by atoms with E-state index in [4.69, 9.17) is 4.74 Å². The Balaban J connectivity index is 1.64. The highest BCUT2D eigenvalue weighted by Gasteiger charge is 2.46. The van der Waals surface area contributed by atoms with E-state index >= 15 is 0 Å². The molecule has 1 saturated heterocycles. The largest absolute Gasteiger partial charge is 0.507 e. The van der Waals surface area contributed by atoms with Crippen LogP contribution in [0.3, 0.4) is 0 Å². The zero-order valence-electron chi connectivity index (χ0n) is 22.1. The maximum Gasteiger partial charge on any atom is 0.295 e. The molecule has 1 aliphatic heterocycles. The zero-order valence-corrected chi connectivity index (χ0v) is 22.1. The van der Waals surface area contributed by atoms with Crippen molar-refractivity contribution in [3.63, 3.8) is 0 Å². The van der Waals surface area contributed by atoms with Crippen LogP contribution in [0.2, 0.25) is 0 Å². The Morgan fingerprint density at radius 1 is 0.868 bits per heavy atom. The number of aryl methyl sites for hydroxylation is 1. The van der Waals surface area contributed by atoms with E-state index in [0.29, 0.717) is 11.3 Å². The predicted molar refractivity (Wildman–Crippen MR) is 150 cm³/mol. The number of aliphatic hydroxyl groups excluding tert-OH is 1. The number of carbonyl (C=O) groups excluding carboxylic acids is 2. The zero-order chi connectivity index (χ0) is 27.0. The van der Waals surface area contributed by atoms with E-state index in [2.05, 4.69) is 0 Å². The standard InChI is InChI=1S/C33H31NO4/c1-21-10-9-14-24(18-21)29-28(30(35)25-17-16-22-11-5-6-12-23(22)19-25)31(36)32(37)34(29)20-26-13-7-8-15-27(26)38-33(2,3)4/h5-19,29,35H,20H2,1-4H3/b30-28-. The Morgan fingerprint density at radius 2 is 1.58 bits per heavy atom. The molecule has 0 bridgehead atoms. The Hall–Kier alpha value is -4.38. The van der Waals surface area contributed by atoms with Gasteiger partial charge in [0.25, 0.3) is 11.7 Å². The number of fused-ring (bicyclic) bond motifs is 1. The minimum Gasteiger partial charge on any atom is -0.507 e. The van der Waals surface area contributed by atoms with Crippen molar-refractivity contribution in [2.24, 2.45) is 0 Å². The van der Waals surface area contributed by atoms with E-state index in [1.54, 1.807) is 6.07 Å². The topological polar surface area (TPSA) is 66.8 Å². The molecule has 0 aliphatic carbocycles. The van der Waals surface area contributed by atoms with Crippen LogP contribution in [0.5, 0.6) is 5.75 Å². The summed E-state index contributed by atoms with van der Waals surface area (Å²) in [6.45, 7) is 8.01. The Morgan fingerprint density at radius 3 is 2.32 bits per heavy atom. The molecule has 0 saturated carbocycles. The van der Waals surface area contributed by atoms with Crippen molar-refractivity contribution in [2.45, 2.75) is 45.9 Å². The van der Waals surface area contributed by atoms with Crippen LogP contribution in [0.1, 0.15) is 49.1 Å².